The predicted molar refractivity (Wildman–Crippen MR) is 124 cm³/mol. The number of nitrogens with one attached hydrogen (secondary N) is 1. The molecule has 166 valence electrons. The summed E-state index contributed by atoms with van der Waals surface area (Å²) in [7, 11) is 3.24. The maximum absolute atomic E-state index is 13.6. The Hall–Kier alpha value is -4.13. The highest BCUT2D eigenvalue weighted by atomic mass is 16.5. The van der Waals surface area contributed by atoms with Crippen LogP contribution in [-0.2, 0) is 6.54 Å². The quantitative estimate of drug-likeness (QED) is 0.476. The largest absolute Gasteiger partial charge is 0.497 e. The molecule has 0 aliphatic carbocycles. The summed E-state index contributed by atoms with van der Waals surface area (Å²) in [5.74, 6) is 1.22. The van der Waals surface area contributed by atoms with Crippen molar-refractivity contribution < 1.29 is 14.3 Å². The average molecular weight is 441 g/mol. The number of carbonyl (C=O) groups is 1. The highest BCUT2D eigenvalue weighted by Gasteiger charge is 2.43. The van der Waals surface area contributed by atoms with Crippen LogP contribution in [0, 0.1) is 6.92 Å². The van der Waals surface area contributed by atoms with Crippen LogP contribution < -0.4 is 9.47 Å². The SMILES string of the molecule is COc1ccc(C2c3c(-c4ccc(C)cc4)n[nH]c3C(=O)N2Cc2cccnc2)c(OC)c1. The van der Waals surface area contributed by atoms with Gasteiger partial charge in [-0.15, -0.1) is 0 Å². The lowest BCUT2D eigenvalue weighted by Gasteiger charge is -2.27. The molecule has 0 saturated heterocycles. The topological polar surface area (TPSA) is 80.3 Å². The van der Waals surface area contributed by atoms with Gasteiger partial charge >= 0.3 is 0 Å². The maximum atomic E-state index is 13.6. The fourth-order valence-corrected chi connectivity index (χ4v) is 4.35. The van der Waals surface area contributed by atoms with Gasteiger partial charge in [0.05, 0.1) is 26.0 Å². The molecule has 1 amide bonds. The number of carbonyl (C=O) groups excluding carboxylic acids is 1. The first kappa shape index (κ1) is 20.8. The van der Waals surface area contributed by atoms with E-state index in [1.807, 2.05) is 66.4 Å². The first-order chi connectivity index (χ1) is 16.1. The molecule has 1 unspecified atom stereocenters. The van der Waals surface area contributed by atoms with Gasteiger partial charge < -0.3 is 14.4 Å². The first-order valence-electron chi connectivity index (χ1n) is 10.7. The number of fused-ring (bicyclic) bond motifs is 1. The Kier molecular flexibility index (Phi) is 5.30. The molecular formula is C26H24N4O3. The third-order valence-corrected chi connectivity index (χ3v) is 6.00. The van der Waals surface area contributed by atoms with Crippen molar-refractivity contribution in [3.8, 4) is 22.8 Å². The van der Waals surface area contributed by atoms with Crippen molar-refractivity contribution in [2.45, 2.75) is 19.5 Å². The van der Waals surface area contributed by atoms with Crippen molar-refractivity contribution in [1.82, 2.24) is 20.1 Å². The van der Waals surface area contributed by atoms with Crippen LogP contribution in [0.5, 0.6) is 11.5 Å². The van der Waals surface area contributed by atoms with Crippen molar-refractivity contribution in [1.29, 1.82) is 0 Å². The second kappa shape index (κ2) is 8.43. The zero-order valence-electron chi connectivity index (χ0n) is 18.7. The minimum Gasteiger partial charge on any atom is -0.497 e. The molecule has 0 spiro atoms. The van der Waals surface area contributed by atoms with Crippen LogP contribution in [0.1, 0.15) is 38.8 Å². The van der Waals surface area contributed by atoms with Gasteiger partial charge in [0.15, 0.2) is 0 Å². The number of benzene rings is 2. The van der Waals surface area contributed by atoms with E-state index in [9.17, 15) is 4.79 Å². The predicted octanol–water partition coefficient (Wildman–Crippen LogP) is 4.54. The lowest BCUT2D eigenvalue weighted by molar-refractivity contribution is 0.0728. The molecule has 0 bridgehead atoms. The van der Waals surface area contributed by atoms with Crippen LogP contribution in [0.2, 0.25) is 0 Å². The van der Waals surface area contributed by atoms with Gasteiger partial charge in [-0.2, -0.15) is 5.10 Å². The molecule has 0 saturated carbocycles. The molecule has 1 aliphatic heterocycles. The number of H-pyrrole nitrogens is 1. The minimum atomic E-state index is -0.386. The van der Waals surface area contributed by atoms with E-state index in [0.717, 1.165) is 33.5 Å². The lowest BCUT2D eigenvalue weighted by Crippen LogP contribution is -2.29. The smallest absolute Gasteiger partial charge is 0.273 e. The normalized spacial score (nSPS) is 14.9. The van der Waals surface area contributed by atoms with E-state index in [1.54, 1.807) is 26.6 Å². The molecule has 33 heavy (non-hydrogen) atoms. The number of amides is 1. The van der Waals surface area contributed by atoms with E-state index in [-0.39, 0.29) is 11.9 Å². The number of ether oxygens (including phenoxy) is 2. The van der Waals surface area contributed by atoms with Crippen molar-refractivity contribution in [3.05, 3.63) is 94.9 Å². The van der Waals surface area contributed by atoms with Crippen LogP contribution in [-0.4, -0.2) is 40.2 Å². The second-order valence-corrected chi connectivity index (χ2v) is 8.03. The minimum absolute atomic E-state index is 0.109. The number of rotatable bonds is 6. The number of aromatic nitrogens is 3. The van der Waals surface area contributed by atoms with E-state index in [0.29, 0.717) is 23.7 Å². The number of hydrogen-bond donors (Lipinski definition) is 1. The summed E-state index contributed by atoms with van der Waals surface area (Å²) in [6.07, 6.45) is 3.50. The molecule has 4 aromatic rings. The van der Waals surface area contributed by atoms with Crippen molar-refractivity contribution in [2.24, 2.45) is 0 Å². The Balaban J connectivity index is 1.68. The number of nitrogens with zero attached hydrogens (tertiary/aromatic N) is 3. The molecule has 2 aromatic carbocycles. The fraction of sp³-hybridized carbons (Fsp3) is 0.192. The third kappa shape index (κ3) is 3.61. The molecular weight excluding hydrogens is 416 g/mol. The van der Waals surface area contributed by atoms with Gasteiger partial charge in [0.2, 0.25) is 0 Å². The number of methoxy groups -OCH3 is 2. The lowest BCUT2D eigenvalue weighted by atomic mass is 9.94. The van der Waals surface area contributed by atoms with Crippen LogP contribution >= 0.6 is 0 Å². The molecule has 3 heterocycles. The summed E-state index contributed by atoms with van der Waals surface area (Å²) >= 11 is 0. The molecule has 5 rings (SSSR count). The zero-order chi connectivity index (χ0) is 22.9. The summed E-state index contributed by atoms with van der Waals surface area (Å²) < 4.78 is 11.1. The summed E-state index contributed by atoms with van der Waals surface area (Å²) in [4.78, 5) is 19.6. The van der Waals surface area contributed by atoms with Crippen LogP contribution in [0.4, 0.5) is 0 Å². The van der Waals surface area contributed by atoms with Gasteiger partial charge in [-0.05, 0) is 30.7 Å². The van der Waals surface area contributed by atoms with Crippen molar-refractivity contribution >= 4 is 5.91 Å². The summed E-state index contributed by atoms with van der Waals surface area (Å²) in [6, 6.07) is 17.3. The highest BCUT2D eigenvalue weighted by Crippen LogP contribution is 2.46. The second-order valence-electron chi connectivity index (χ2n) is 8.03. The van der Waals surface area contributed by atoms with Gasteiger partial charge in [-0.25, -0.2) is 0 Å². The number of aromatic amines is 1. The number of aryl methyl sites for hydroxylation is 1. The molecule has 1 aliphatic rings. The number of hydrogen-bond acceptors (Lipinski definition) is 5. The highest BCUT2D eigenvalue weighted by molar-refractivity contribution is 6.00. The van der Waals surface area contributed by atoms with Crippen LogP contribution in [0.15, 0.2) is 67.0 Å². The maximum Gasteiger partial charge on any atom is 0.273 e. The Labute approximate surface area is 192 Å². The Morgan fingerprint density at radius 3 is 2.58 bits per heavy atom. The Morgan fingerprint density at radius 2 is 1.88 bits per heavy atom. The monoisotopic (exact) mass is 440 g/mol. The fourth-order valence-electron chi connectivity index (χ4n) is 4.35. The summed E-state index contributed by atoms with van der Waals surface area (Å²) in [6.45, 7) is 2.45. The van der Waals surface area contributed by atoms with Crippen LogP contribution in [0.25, 0.3) is 11.3 Å². The van der Waals surface area contributed by atoms with Gasteiger partial charge in [0.25, 0.3) is 5.91 Å². The van der Waals surface area contributed by atoms with Crippen molar-refractivity contribution in [2.75, 3.05) is 14.2 Å². The van der Waals surface area contributed by atoms with E-state index in [1.165, 1.54) is 0 Å². The molecule has 0 fully saturated rings. The van der Waals surface area contributed by atoms with Gasteiger partial charge in [0.1, 0.15) is 17.2 Å². The molecule has 2 aromatic heterocycles. The van der Waals surface area contributed by atoms with Gasteiger partial charge in [-0.3, -0.25) is 14.9 Å². The summed E-state index contributed by atoms with van der Waals surface area (Å²) in [5.41, 5.74) is 6.02. The molecule has 1 N–H and O–H groups in total. The van der Waals surface area contributed by atoms with Gasteiger partial charge in [-0.1, -0.05) is 35.9 Å². The van der Waals surface area contributed by atoms with Crippen molar-refractivity contribution in [3.63, 3.8) is 0 Å². The zero-order valence-corrected chi connectivity index (χ0v) is 18.7. The van der Waals surface area contributed by atoms with Gasteiger partial charge in [0, 0.05) is 41.7 Å². The Bertz CT molecular complexity index is 1300. The van der Waals surface area contributed by atoms with E-state index < -0.39 is 0 Å². The average Bonchev–Trinajstić information content (AvgIpc) is 3.39. The first-order valence-corrected chi connectivity index (χ1v) is 10.7. The third-order valence-electron chi connectivity index (χ3n) is 6.00. The molecule has 0 radical (unpaired) electrons. The van der Waals surface area contributed by atoms with E-state index in [4.69, 9.17) is 9.47 Å². The molecule has 7 nitrogen and oxygen atoms in total. The van der Waals surface area contributed by atoms with E-state index >= 15 is 0 Å². The molecule has 7 heteroatoms. The van der Waals surface area contributed by atoms with E-state index in [2.05, 4.69) is 15.2 Å². The number of pyridine rings is 1. The Morgan fingerprint density at radius 1 is 1.06 bits per heavy atom. The van der Waals surface area contributed by atoms with Crippen LogP contribution in [0.3, 0.4) is 0 Å². The standard InChI is InChI=1S/C26H24N4O3/c1-16-6-8-18(9-7-16)23-22-24(29-28-23)26(31)30(15-17-5-4-12-27-14-17)25(22)20-11-10-19(32-2)13-21(20)33-3/h4-14,25H,15H2,1-3H3,(H,28,29). The summed E-state index contributed by atoms with van der Waals surface area (Å²) in [5, 5.41) is 7.55. The molecule has 1 atom stereocenters.